The highest BCUT2D eigenvalue weighted by molar-refractivity contribution is 6.09. The molecule has 11 nitrogen and oxygen atoms in total. The van der Waals surface area contributed by atoms with Crippen LogP contribution >= 0.6 is 0 Å². The van der Waals surface area contributed by atoms with Gasteiger partial charge in [-0.2, -0.15) is 15.0 Å². The number of fused-ring (bicyclic) bond motifs is 3. The summed E-state index contributed by atoms with van der Waals surface area (Å²) in [6, 6.07) is 13.1. The van der Waals surface area contributed by atoms with Crippen molar-refractivity contribution < 1.29 is 5.11 Å². The van der Waals surface area contributed by atoms with Crippen molar-refractivity contribution in [1.82, 2.24) is 19.5 Å². The minimum atomic E-state index is -0.0700. The van der Waals surface area contributed by atoms with Gasteiger partial charge in [0.1, 0.15) is 5.75 Å². The molecule has 0 unspecified atom stereocenters. The lowest BCUT2D eigenvalue weighted by molar-refractivity contribution is 0.440. The molecule has 2 fully saturated rings. The Morgan fingerprint density at radius 3 is 1.72 bits per heavy atom. The van der Waals surface area contributed by atoms with Crippen LogP contribution in [0.1, 0.15) is 12.8 Å². The Balaban J connectivity index is 1.57. The molecular weight excluding hydrogens is 456 g/mol. The van der Waals surface area contributed by atoms with E-state index in [1.807, 2.05) is 38.6 Å². The second-order valence-corrected chi connectivity index (χ2v) is 10.1. The van der Waals surface area contributed by atoms with Gasteiger partial charge in [0, 0.05) is 67.2 Å². The first kappa shape index (κ1) is 22.9. The van der Waals surface area contributed by atoms with E-state index >= 15 is 0 Å². The molecule has 0 aliphatic carbocycles. The molecule has 11 heteroatoms. The molecule has 188 valence electrons. The molecule has 0 amide bonds. The second kappa shape index (κ2) is 8.86. The van der Waals surface area contributed by atoms with Gasteiger partial charge in [-0.15, -0.1) is 0 Å². The van der Waals surface area contributed by atoms with Crippen LogP contribution < -0.4 is 32.7 Å². The van der Waals surface area contributed by atoms with Crippen molar-refractivity contribution in [2.45, 2.75) is 37.0 Å². The number of phenolic OH excluding ortho intramolecular Hbond substituents is 1. The van der Waals surface area contributed by atoms with E-state index in [0.29, 0.717) is 44.0 Å². The Labute approximate surface area is 208 Å². The molecule has 0 spiro atoms. The number of benzene rings is 2. The van der Waals surface area contributed by atoms with Gasteiger partial charge in [0.25, 0.3) is 0 Å². The molecule has 2 saturated heterocycles. The van der Waals surface area contributed by atoms with E-state index in [0.717, 1.165) is 34.6 Å². The molecule has 2 aliphatic rings. The average Bonchev–Trinajstić information content (AvgIpc) is 3.16. The Bertz CT molecular complexity index is 1360. The first-order valence-electron chi connectivity index (χ1n) is 12.4. The van der Waals surface area contributed by atoms with Crippen molar-refractivity contribution in [1.29, 1.82) is 0 Å². The van der Waals surface area contributed by atoms with Crippen LogP contribution in [0, 0.1) is 0 Å². The van der Waals surface area contributed by atoms with Gasteiger partial charge >= 0.3 is 0 Å². The van der Waals surface area contributed by atoms with Crippen LogP contribution in [0.25, 0.3) is 27.8 Å². The fraction of sp³-hybridized carbons (Fsp3) is 0.400. The zero-order chi connectivity index (χ0) is 25.0. The van der Waals surface area contributed by atoms with Crippen molar-refractivity contribution in [2.75, 3.05) is 36.0 Å². The van der Waals surface area contributed by atoms with Crippen LogP contribution in [-0.4, -0.2) is 75.0 Å². The fourth-order valence-electron chi connectivity index (χ4n) is 5.58. The summed E-state index contributed by atoms with van der Waals surface area (Å²) >= 11 is 0. The molecule has 9 N–H and O–H groups in total. The molecule has 2 aliphatic heterocycles. The largest absolute Gasteiger partial charge is 0.508 e. The van der Waals surface area contributed by atoms with Crippen LogP contribution in [0.15, 0.2) is 42.5 Å². The maximum absolute atomic E-state index is 10.3. The van der Waals surface area contributed by atoms with Gasteiger partial charge in [0.05, 0.1) is 11.0 Å². The summed E-state index contributed by atoms with van der Waals surface area (Å²) in [7, 11) is 0. The molecular formula is C25H32N10O. The van der Waals surface area contributed by atoms with Gasteiger partial charge in [-0.05, 0) is 31.0 Å². The van der Waals surface area contributed by atoms with Gasteiger partial charge in [0.2, 0.25) is 17.8 Å². The Kier molecular flexibility index (Phi) is 5.64. The normalized spacial score (nSPS) is 25.1. The third kappa shape index (κ3) is 4.09. The lowest BCUT2D eigenvalue weighted by atomic mass is 10.0. The zero-order valence-corrected chi connectivity index (χ0v) is 20.0. The van der Waals surface area contributed by atoms with Gasteiger partial charge in [-0.1, -0.05) is 18.2 Å². The smallest absolute Gasteiger partial charge is 0.241 e. The minimum Gasteiger partial charge on any atom is -0.508 e. The van der Waals surface area contributed by atoms with Gasteiger partial charge < -0.3 is 37.8 Å². The summed E-state index contributed by atoms with van der Waals surface area (Å²) in [6.07, 6.45) is 1.51. The Morgan fingerprint density at radius 2 is 1.14 bits per heavy atom. The summed E-state index contributed by atoms with van der Waals surface area (Å²) in [5.74, 6) is 1.65. The van der Waals surface area contributed by atoms with Crippen molar-refractivity contribution >= 4 is 33.7 Å². The Morgan fingerprint density at radius 1 is 0.639 bits per heavy atom. The number of rotatable bonds is 3. The number of para-hydroxylation sites is 1. The summed E-state index contributed by atoms with van der Waals surface area (Å²) < 4.78 is 1.96. The van der Waals surface area contributed by atoms with Crippen molar-refractivity contribution in [2.24, 2.45) is 22.9 Å². The highest BCUT2D eigenvalue weighted by Gasteiger charge is 2.29. The highest BCUT2D eigenvalue weighted by atomic mass is 16.3. The van der Waals surface area contributed by atoms with Crippen molar-refractivity contribution in [3.05, 3.63) is 42.5 Å². The van der Waals surface area contributed by atoms with E-state index in [1.54, 1.807) is 12.1 Å². The number of phenols is 1. The van der Waals surface area contributed by atoms with Gasteiger partial charge in [-0.3, -0.25) is 4.57 Å². The van der Waals surface area contributed by atoms with Gasteiger partial charge in [0.15, 0.2) is 0 Å². The quantitative estimate of drug-likeness (QED) is 0.271. The molecule has 2 aromatic heterocycles. The number of nitrogens with two attached hydrogens (primary N) is 4. The van der Waals surface area contributed by atoms with Crippen LogP contribution in [0.5, 0.6) is 5.75 Å². The minimum absolute atomic E-state index is 0.0700. The lowest BCUT2D eigenvalue weighted by Crippen LogP contribution is -2.54. The van der Waals surface area contributed by atoms with Gasteiger partial charge in [-0.25, -0.2) is 0 Å². The average molecular weight is 489 g/mol. The number of anilines is 2. The molecule has 4 heterocycles. The molecule has 0 bridgehead atoms. The van der Waals surface area contributed by atoms with E-state index in [1.165, 1.54) is 0 Å². The number of aromatic nitrogens is 4. The third-order valence-corrected chi connectivity index (χ3v) is 7.05. The van der Waals surface area contributed by atoms with Crippen molar-refractivity contribution in [3.63, 3.8) is 0 Å². The number of nitrogens with zero attached hydrogens (tertiary/aromatic N) is 6. The Hall–Kier alpha value is -3.51. The number of hydrogen-bond acceptors (Lipinski definition) is 10. The third-order valence-electron chi connectivity index (χ3n) is 7.05. The fourth-order valence-corrected chi connectivity index (χ4v) is 5.58. The van der Waals surface area contributed by atoms with Crippen LogP contribution in [0.2, 0.25) is 0 Å². The number of piperidine rings is 2. The summed E-state index contributed by atoms with van der Waals surface area (Å²) in [4.78, 5) is 18.7. The molecule has 4 atom stereocenters. The molecule has 0 saturated carbocycles. The van der Waals surface area contributed by atoms with E-state index in [9.17, 15) is 5.11 Å². The van der Waals surface area contributed by atoms with E-state index in [2.05, 4.69) is 6.07 Å². The predicted octanol–water partition coefficient (Wildman–Crippen LogP) is 0.404. The summed E-state index contributed by atoms with van der Waals surface area (Å²) in [6.45, 7) is 2.40. The second-order valence-electron chi connectivity index (χ2n) is 10.1. The molecule has 2 aromatic carbocycles. The summed E-state index contributed by atoms with van der Waals surface area (Å²) in [5, 5.41) is 12.4. The SMILES string of the molecule is N[C@@H]1C[C@H](N)CN(c2nc(N3C[C@H](N)C[C@H](N)C3)nc(-n3c4ccccc4c4ccc(O)cc43)n2)C1. The maximum Gasteiger partial charge on any atom is 0.241 e. The zero-order valence-electron chi connectivity index (χ0n) is 20.0. The first-order valence-corrected chi connectivity index (χ1v) is 12.4. The molecule has 4 aromatic rings. The predicted molar refractivity (Wildman–Crippen MR) is 141 cm³/mol. The lowest BCUT2D eigenvalue weighted by Gasteiger charge is -2.37. The molecule has 36 heavy (non-hydrogen) atoms. The number of aromatic hydroxyl groups is 1. The first-order chi connectivity index (χ1) is 17.4. The van der Waals surface area contributed by atoms with E-state index in [-0.39, 0.29) is 29.9 Å². The van der Waals surface area contributed by atoms with E-state index in [4.69, 9.17) is 37.9 Å². The molecule has 6 rings (SSSR count). The topological polar surface area (TPSA) is 174 Å². The standard InChI is InChI=1S/C25H32N10O/c26-14-7-15(27)11-33(10-14)23-30-24(34-12-16(28)8-17(29)13-34)32-25(31-23)35-21-4-2-1-3-19(21)20-6-5-18(36)9-22(20)35/h1-6,9,14-17,36H,7-8,10-13,26-29H2/t14-,15+,16-,17+. The highest BCUT2D eigenvalue weighted by Crippen LogP contribution is 2.34. The summed E-state index contributed by atoms with van der Waals surface area (Å²) in [5.41, 5.74) is 26.9. The number of hydrogen-bond donors (Lipinski definition) is 5. The van der Waals surface area contributed by atoms with Crippen LogP contribution in [-0.2, 0) is 0 Å². The van der Waals surface area contributed by atoms with E-state index < -0.39 is 0 Å². The van der Waals surface area contributed by atoms with Crippen LogP contribution in [0.4, 0.5) is 11.9 Å². The van der Waals surface area contributed by atoms with Crippen molar-refractivity contribution in [3.8, 4) is 11.7 Å². The maximum atomic E-state index is 10.3. The molecule has 0 radical (unpaired) electrons. The van der Waals surface area contributed by atoms with Crippen LogP contribution in [0.3, 0.4) is 0 Å². The monoisotopic (exact) mass is 488 g/mol.